The van der Waals surface area contributed by atoms with E-state index in [9.17, 15) is 4.79 Å². The second kappa shape index (κ2) is 7.70. The Morgan fingerprint density at radius 3 is 2.48 bits per heavy atom. The van der Waals surface area contributed by atoms with Gasteiger partial charge in [0.1, 0.15) is 17.9 Å². The minimum absolute atomic E-state index is 0.00605. The number of ether oxygens (including phenoxy) is 1. The maximum Gasteiger partial charge on any atom is 0.263 e. The third-order valence-corrected chi connectivity index (χ3v) is 4.43. The van der Waals surface area contributed by atoms with Crippen LogP contribution >= 0.6 is 11.6 Å². The zero-order chi connectivity index (χ0) is 17.8. The van der Waals surface area contributed by atoms with E-state index in [1.54, 1.807) is 37.5 Å². The molecular weight excluding hydrogens is 340 g/mol. The second-order valence-electron chi connectivity index (χ2n) is 6.04. The molecule has 0 radical (unpaired) electrons. The van der Waals surface area contributed by atoms with E-state index < -0.39 is 6.10 Å². The lowest BCUT2D eigenvalue weighted by molar-refractivity contribution is -0.138. The number of halogens is 1. The summed E-state index contributed by atoms with van der Waals surface area (Å²) in [6.45, 7) is 6.51. The highest BCUT2D eigenvalue weighted by Gasteiger charge is 2.26. The molecule has 2 aromatic rings. The molecule has 0 spiro atoms. The molecular formula is C18H21ClN4O2. The average molecular weight is 361 g/mol. The summed E-state index contributed by atoms with van der Waals surface area (Å²) in [7, 11) is 0. The van der Waals surface area contributed by atoms with Crippen LogP contribution in [0.4, 0.5) is 5.82 Å². The number of anilines is 1. The first-order valence-electron chi connectivity index (χ1n) is 8.27. The molecule has 1 aromatic carbocycles. The van der Waals surface area contributed by atoms with Crippen molar-refractivity contribution in [1.29, 1.82) is 0 Å². The van der Waals surface area contributed by atoms with Crippen LogP contribution in [0.1, 0.15) is 12.6 Å². The zero-order valence-corrected chi connectivity index (χ0v) is 15.1. The van der Waals surface area contributed by atoms with Crippen molar-refractivity contribution in [3.63, 3.8) is 0 Å². The highest BCUT2D eigenvalue weighted by molar-refractivity contribution is 6.30. The first-order chi connectivity index (χ1) is 12.0. The van der Waals surface area contributed by atoms with Gasteiger partial charge in [0.2, 0.25) is 0 Å². The number of aromatic nitrogens is 2. The van der Waals surface area contributed by atoms with Crippen LogP contribution in [0.15, 0.2) is 36.7 Å². The second-order valence-corrected chi connectivity index (χ2v) is 6.48. The molecule has 1 amide bonds. The number of aryl methyl sites for hydroxylation is 1. The van der Waals surface area contributed by atoms with Crippen LogP contribution in [0.3, 0.4) is 0 Å². The molecule has 1 unspecified atom stereocenters. The van der Waals surface area contributed by atoms with Crippen LogP contribution in [0.25, 0.3) is 0 Å². The van der Waals surface area contributed by atoms with Gasteiger partial charge in [0, 0.05) is 43.0 Å². The zero-order valence-electron chi connectivity index (χ0n) is 14.4. The molecule has 0 aliphatic carbocycles. The van der Waals surface area contributed by atoms with Gasteiger partial charge in [0.05, 0.1) is 0 Å². The molecule has 0 N–H and O–H groups in total. The largest absolute Gasteiger partial charge is 0.481 e. The summed E-state index contributed by atoms with van der Waals surface area (Å²) < 4.78 is 5.73. The molecule has 1 aliphatic rings. The Hall–Kier alpha value is -2.34. The fourth-order valence-corrected chi connectivity index (χ4v) is 2.92. The Morgan fingerprint density at radius 2 is 1.84 bits per heavy atom. The number of rotatable bonds is 4. The third kappa shape index (κ3) is 4.39. The summed E-state index contributed by atoms with van der Waals surface area (Å²) in [6, 6.07) is 8.99. The molecule has 7 heteroatoms. The van der Waals surface area contributed by atoms with E-state index in [1.165, 1.54) is 0 Å². The molecule has 132 valence electrons. The smallest absolute Gasteiger partial charge is 0.263 e. The van der Waals surface area contributed by atoms with Crippen molar-refractivity contribution in [3.8, 4) is 5.75 Å². The van der Waals surface area contributed by atoms with Crippen LogP contribution in [0.5, 0.6) is 5.75 Å². The molecule has 3 rings (SSSR count). The standard InChI is InChI=1S/C18H21ClN4O2/c1-13-11-17(21-12-20-13)22-7-9-23(10-8-22)18(24)14(2)25-16-5-3-15(19)4-6-16/h3-6,11-12,14H,7-10H2,1-2H3. The predicted octanol–water partition coefficient (Wildman–Crippen LogP) is 2.55. The Morgan fingerprint density at radius 1 is 1.16 bits per heavy atom. The van der Waals surface area contributed by atoms with Crippen LogP contribution in [-0.4, -0.2) is 53.1 Å². The van der Waals surface area contributed by atoms with Gasteiger partial charge in [-0.25, -0.2) is 9.97 Å². The van der Waals surface area contributed by atoms with E-state index in [1.807, 2.05) is 17.9 Å². The van der Waals surface area contributed by atoms with E-state index in [0.29, 0.717) is 23.9 Å². The van der Waals surface area contributed by atoms with E-state index in [0.717, 1.165) is 24.6 Å². The molecule has 2 heterocycles. The van der Waals surface area contributed by atoms with Gasteiger partial charge in [-0.15, -0.1) is 0 Å². The normalized spacial score (nSPS) is 15.8. The van der Waals surface area contributed by atoms with E-state index in [4.69, 9.17) is 16.3 Å². The molecule has 1 aromatic heterocycles. The number of nitrogens with zero attached hydrogens (tertiary/aromatic N) is 4. The lowest BCUT2D eigenvalue weighted by atomic mass is 10.2. The fourth-order valence-electron chi connectivity index (χ4n) is 2.79. The minimum atomic E-state index is -0.533. The number of amides is 1. The summed E-state index contributed by atoms with van der Waals surface area (Å²) in [5, 5.41) is 0.641. The summed E-state index contributed by atoms with van der Waals surface area (Å²) in [5.41, 5.74) is 0.938. The van der Waals surface area contributed by atoms with Crippen molar-refractivity contribution in [2.45, 2.75) is 20.0 Å². The molecule has 0 saturated carbocycles. The Balaban J connectivity index is 1.54. The van der Waals surface area contributed by atoms with Crippen LogP contribution in [0.2, 0.25) is 5.02 Å². The van der Waals surface area contributed by atoms with Crippen molar-refractivity contribution in [1.82, 2.24) is 14.9 Å². The van der Waals surface area contributed by atoms with E-state index in [-0.39, 0.29) is 5.91 Å². The van der Waals surface area contributed by atoms with Crippen molar-refractivity contribution in [2.24, 2.45) is 0 Å². The first kappa shape index (κ1) is 17.5. The summed E-state index contributed by atoms with van der Waals surface area (Å²) in [5.74, 6) is 1.54. The number of carbonyl (C=O) groups excluding carboxylic acids is 1. The summed E-state index contributed by atoms with van der Waals surface area (Å²) in [6.07, 6.45) is 1.04. The van der Waals surface area contributed by atoms with Crippen LogP contribution in [0, 0.1) is 6.92 Å². The molecule has 0 bridgehead atoms. The molecule has 25 heavy (non-hydrogen) atoms. The lowest BCUT2D eigenvalue weighted by Crippen LogP contribution is -2.52. The number of piperazine rings is 1. The Labute approximate surface area is 152 Å². The quantitative estimate of drug-likeness (QED) is 0.838. The predicted molar refractivity (Wildman–Crippen MR) is 97.1 cm³/mol. The summed E-state index contributed by atoms with van der Waals surface area (Å²) in [4.78, 5) is 25.0. The van der Waals surface area contributed by atoms with Gasteiger partial charge in [-0.1, -0.05) is 11.6 Å². The maximum atomic E-state index is 12.6. The fraction of sp³-hybridized carbons (Fsp3) is 0.389. The van der Waals surface area contributed by atoms with Crippen LogP contribution < -0.4 is 9.64 Å². The van der Waals surface area contributed by atoms with Gasteiger partial charge in [-0.2, -0.15) is 0 Å². The highest BCUT2D eigenvalue weighted by Crippen LogP contribution is 2.18. The minimum Gasteiger partial charge on any atom is -0.481 e. The topological polar surface area (TPSA) is 58.6 Å². The first-order valence-corrected chi connectivity index (χ1v) is 8.65. The van der Waals surface area contributed by atoms with Crippen LogP contribution in [-0.2, 0) is 4.79 Å². The van der Waals surface area contributed by atoms with Gasteiger partial charge in [-0.05, 0) is 38.1 Å². The number of hydrogen-bond acceptors (Lipinski definition) is 5. The molecule has 6 nitrogen and oxygen atoms in total. The van der Waals surface area contributed by atoms with Crippen molar-refractivity contribution in [3.05, 3.63) is 47.4 Å². The van der Waals surface area contributed by atoms with Crippen molar-refractivity contribution in [2.75, 3.05) is 31.1 Å². The Kier molecular flexibility index (Phi) is 5.38. The number of benzene rings is 1. The average Bonchev–Trinajstić information content (AvgIpc) is 2.63. The van der Waals surface area contributed by atoms with Gasteiger partial charge >= 0.3 is 0 Å². The van der Waals surface area contributed by atoms with Gasteiger partial charge in [-0.3, -0.25) is 4.79 Å². The van der Waals surface area contributed by atoms with Gasteiger partial charge in [0.15, 0.2) is 6.10 Å². The molecule has 1 aliphatic heterocycles. The number of hydrogen-bond donors (Lipinski definition) is 0. The van der Waals surface area contributed by atoms with Gasteiger partial charge in [0.25, 0.3) is 5.91 Å². The number of carbonyl (C=O) groups is 1. The third-order valence-electron chi connectivity index (χ3n) is 4.18. The van der Waals surface area contributed by atoms with E-state index in [2.05, 4.69) is 14.9 Å². The molecule has 1 fully saturated rings. The lowest BCUT2D eigenvalue weighted by Gasteiger charge is -2.36. The van der Waals surface area contributed by atoms with E-state index >= 15 is 0 Å². The van der Waals surface area contributed by atoms with Crippen molar-refractivity contribution >= 4 is 23.3 Å². The molecule has 1 saturated heterocycles. The monoisotopic (exact) mass is 360 g/mol. The van der Waals surface area contributed by atoms with Crippen molar-refractivity contribution < 1.29 is 9.53 Å². The Bertz CT molecular complexity index is 730. The summed E-state index contributed by atoms with van der Waals surface area (Å²) >= 11 is 5.86. The maximum absolute atomic E-state index is 12.6. The SMILES string of the molecule is Cc1cc(N2CCN(C(=O)C(C)Oc3ccc(Cl)cc3)CC2)ncn1. The molecule has 1 atom stereocenters. The van der Waals surface area contributed by atoms with Gasteiger partial charge < -0.3 is 14.5 Å². The highest BCUT2D eigenvalue weighted by atomic mass is 35.5.